The SMILES string of the molecule is CN=C(NCCc1ccco1)N(C)CCC1CCOCC1. The average Bonchev–Trinajstić information content (AvgIpc) is 3.03. The van der Waals surface area contributed by atoms with Gasteiger partial charge in [-0.2, -0.15) is 0 Å². The van der Waals surface area contributed by atoms with Gasteiger partial charge in [-0.05, 0) is 37.3 Å². The zero-order chi connectivity index (χ0) is 14.9. The molecular formula is C16H27N3O2. The Morgan fingerprint density at radius 1 is 1.43 bits per heavy atom. The number of ether oxygens (including phenoxy) is 1. The van der Waals surface area contributed by atoms with Crippen molar-refractivity contribution in [1.29, 1.82) is 0 Å². The first-order chi connectivity index (χ1) is 10.3. The largest absolute Gasteiger partial charge is 0.469 e. The summed E-state index contributed by atoms with van der Waals surface area (Å²) in [5.74, 6) is 2.75. The predicted molar refractivity (Wildman–Crippen MR) is 84.6 cm³/mol. The molecule has 0 aromatic carbocycles. The van der Waals surface area contributed by atoms with Gasteiger partial charge in [0.15, 0.2) is 5.96 Å². The summed E-state index contributed by atoms with van der Waals surface area (Å²) in [5, 5.41) is 3.39. The highest BCUT2D eigenvalue weighted by Gasteiger charge is 2.15. The molecule has 1 fully saturated rings. The number of rotatable bonds is 6. The van der Waals surface area contributed by atoms with Gasteiger partial charge in [-0.3, -0.25) is 4.99 Å². The number of guanidine groups is 1. The zero-order valence-electron chi connectivity index (χ0n) is 13.2. The van der Waals surface area contributed by atoms with Crippen molar-refractivity contribution in [1.82, 2.24) is 10.2 Å². The Morgan fingerprint density at radius 3 is 2.90 bits per heavy atom. The quantitative estimate of drug-likeness (QED) is 0.645. The molecule has 2 heterocycles. The minimum absolute atomic E-state index is 0.794. The van der Waals surface area contributed by atoms with E-state index in [2.05, 4.69) is 22.3 Å². The van der Waals surface area contributed by atoms with Crippen LogP contribution in [0, 0.1) is 5.92 Å². The van der Waals surface area contributed by atoms with Gasteiger partial charge in [-0.25, -0.2) is 0 Å². The van der Waals surface area contributed by atoms with E-state index in [0.29, 0.717) is 0 Å². The third kappa shape index (κ3) is 5.42. The Bertz CT molecular complexity index is 411. The fourth-order valence-corrected chi connectivity index (χ4v) is 2.65. The first-order valence-electron chi connectivity index (χ1n) is 7.81. The normalized spacial score (nSPS) is 17.0. The van der Waals surface area contributed by atoms with E-state index in [1.54, 1.807) is 6.26 Å². The van der Waals surface area contributed by atoms with Gasteiger partial charge in [0.2, 0.25) is 0 Å². The smallest absolute Gasteiger partial charge is 0.193 e. The summed E-state index contributed by atoms with van der Waals surface area (Å²) in [6, 6.07) is 3.92. The molecule has 1 N–H and O–H groups in total. The molecule has 1 aromatic heterocycles. The lowest BCUT2D eigenvalue weighted by Crippen LogP contribution is -2.40. The number of furan rings is 1. The fourth-order valence-electron chi connectivity index (χ4n) is 2.65. The molecule has 2 rings (SSSR count). The van der Waals surface area contributed by atoms with E-state index in [1.165, 1.54) is 19.3 Å². The molecule has 0 aliphatic carbocycles. The summed E-state index contributed by atoms with van der Waals surface area (Å²) < 4.78 is 10.7. The average molecular weight is 293 g/mol. The van der Waals surface area contributed by atoms with Crippen molar-refractivity contribution >= 4 is 5.96 Å². The molecule has 0 atom stereocenters. The minimum atomic E-state index is 0.794. The summed E-state index contributed by atoms with van der Waals surface area (Å²) in [7, 11) is 3.93. The third-order valence-electron chi connectivity index (χ3n) is 4.02. The number of nitrogens with one attached hydrogen (secondary N) is 1. The number of hydrogen-bond acceptors (Lipinski definition) is 3. The molecule has 0 unspecified atom stereocenters. The van der Waals surface area contributed by atoms with Gasteiger partial charge in [-0.15, -0.1) is 0 Å². The molecule has 0 radical (unpaired) electrons. The lowest BCUT2D eigenvalue weighted by Gasteiger charge is -2.26. The summed E-state index contributed by atoms with van der Waals surface area (Å²) in [6.45, 7) is 3.71. The van der Waals surface area contributed by atoms with Crippen molar-refractivity contribution < 1.29 is 9.15 Å². The van der Waals surface area contributed by atoms with Crippen molar-refractivity contribution in [2.45, 2.75) is 25.7 Å². The van der Waals surface area contributed by atoms with E-state index in [4.69, 9.17) is 9.15 Å². The summed E-state index contributed by atoms with van der Waals surface area (Å²) >= 11 is 0. The molecule has 0 bridgehead atoms. The Labute approximate surface area is 127 Å². The molecule has 1 aromatic rings. The van der Waals surface area contributed by atoms with Gasteiger partial charge in [0.25, 0.3) is 0 Å². The number of aliphatic imine (C=N–C) groups is 1. The first-order valence-corrected chi connectivity index (χ1v) is 7.81. The van der Waals surface area contributed by atoms with E-state index in [9.17, 15) is 0 Å². The van der Waals surface area contributed by atoms with Crippen LogP contribution in [0.3, 0.4) is 0 Å². The lowest BCUT2D eigenvalue weighted by atomic mass is 9.96. The maximum absolute atomic E-state index is 5.41. The van der Waals surface area contributed by atoms with Gasteiger partial charge in [0.1, 0.15) is 5.76 Å². The van der Waals surface area contributed by atoms with Crippen LogP contribution in [0.25, 0.3) is 0 Å². The highest BCUT2D eigenvalue weighted by Crippen LogP contribution is 2.18. The standard InChI is InChI=1S/C16H27N3O2/c1-17-16(18-9-5-15-4-3-11-21-15)19(2)10-6-14-7-12-20-13-8-14/h3-4,11,14H,5-10,12-13H2,1-2H3,(H,17,18). The second-order valence-electron chi connectivity index (χ2n) is 5.57. The van der Waals surface area contributed by atoms with Gasteiger partial charge in [0.05, 0.1) is 6.26 Å². The maximum atomic E-state index is 5.41. The summed E-state index contributed by atoms with van der Waals surface area (Å²) in [5.41, 5.74) is 0. The summed E-state index contributed by atoms with van der Waals surface area (Å²) in [6.07, 6.45) is 6.18. The molecule has 118 valence electrons. The first kappa shape index (κ1) is 15.9. The van der Waals surface area contributed by atoms with Gasteiger partial charge < -0.3 is 19.4 Å². The highest BCUT2D eigenvalue weighted by molar-refractivity contribution is 5.79. The Kier molecular flexibility index (Phi) is 6.60. The minimum Gasteiger partial charge on any atom is -0.469 e. The van der Waals surface area contributed by atoms with Crippen LogP contribution in [0.5, 0.6) is 0 Å². The molecule has 0 saturated carbocycles. The van der Waals surface area contributed by atoms with Gasteiger partial charge in [-0.1, -0.05) is 0 Å². The van der Waals surface area contributed by atoms with Crippen molar-refractivity contribution in [3.63, 3.8) is 0 Å². The molecule has 1 aliphatic heterocycles. The van der Waals surface area contributed by atoms with E-state index in [1.807, 2.05) is 19.2 Å². The van der Waals surface area contributed by atoms with E-state index < -0.39 is 0 Å². The lowest BCUT2D eigenvalue weighted by molar-refractivity contribution is 0.0625. The predicted octanol–water partition coefficient (Wildman–Crippen LogP) is 2.15. The summed E-state index contributed by atoms with van der Waals surface area (Å²) in [4.78, 5) is 6.55. The van der Waals surface area contributed by atoms with Crippen LogP contribution >= 0.6 is 0 Å². The van der Waals surface area contributed by atoms with Crippen LogP contribution < -0.4 is 5.32 Å². The van der Waals surface area contributed by atoms with Crippen molar-refractivity contribution in [3.05, 3.63) is 24.2 Å². The van der Waals surface area contributed by atoms with Crippen LogP contribution in [0.4, 0.5) is 0 Å². The monoisotopic (exact) mass is 293 g/mol. The van der Waals surface area contributed by atoms with Crippen LogP contribution in [0.15, 0.2) is 27.8 Å². The van der Waals surface area contributed by atoms with Gasteiger partial charge >= 0.3 is 0 Å². The number of nitrogens with zero attached hydrogens (tertiary/aromatic N) is 2. The van der Waals surface area contributed by atoms with Crippen LogP contribution in [0.2, 0.25) is 0 Å². The zero-order valence-corrected chi connectivity index (χ0v) is 13.2. The van der Waals surface area contributed by atoms with Crippen LogP contribution in [-0.4, -0.2) is 51.3 Å². The van der Waals surface area contributed by atoms with Crippen molar-refractivity contribution in [3.8, 4) is 0 Å². The van der Waals surface area contributed by atoms with Crippen molar-refractivity contribution in [2.75, 3.05) is 40.4 Å². The second kappa shape index (κ2) is 8.72. The second-order valence-corrected chi connectivity index (χ2v) is 5.57. The van der Waals surface area contributed by atoms with E-state index >= 15 is 0 Å². The van der Waals surface area contributed by atoms with Gasteiger partial charge in [0, 0.05) is 46.8 Å². The number of hydrogen-bond donors (Lipinski definition) is 1. The highest BCUT2D eigenvalue weighted by atomic mass is 16.5. The van der Waals surface area contributed by atoms with Crippen LogP contribution in [-0.2, 0) is 11.2 Å². The molecule has 0 amide bonds. The molecule has 0 spiro atoms. The molecule has 5 nitrogen and oxygen atoms in total. The molecule has 5 heteroatoms. The Balaban J connectivity index is 1.67. The fraction of sp³-hybridized carbons (Fsp3) is 0.688. The van der Waals surface area contributed by atoms with Crippen LogP contribution in [0.1, 0.15) is 25.0 Å². The maximum Gasteiger partial charge on any atom is 0.193 e. The molecular weight excluding hydrogens is 266 g/mol. The van der Waals surface area contributed by atoms with Crippen molar-refractivity contribution in [2.24, 2.45) is 10.9 Å². The Hall–Kier alpha value is -1.49. The van der Waals surface area contributed by atoms with E-state index in [-0.39, 0.29) is 0 Å². The molecule has 1 aliphatic rings. The topological polar surface area (TPSA) is 50.0 Å². The third-order valence-corrected chi connectivity index (χ3v) is 4.02. The Morgan fingerprint density at radius 2 is 2.24 bits per heavy atom. The molecule has 21 heavy (non-hydrogen) atoms. The van der Waals surface area contributed by atoms with E-state index in [0.717, 1.165) is 50.4 Å². The molecule has 1 saturated heterocycles.